The summed E-state index contributed by atoms with van der Waals surface area (Å²) in [6, 6.07) is 7.49. The number of nitrogens with zero attached hydrogens (tertiary/aromatic N) is 4. The second kappa shape index (κ2) is 4.32. The van der Waals surface area contributed by atoms with Crippen molar-refractivity contribution in [1.82, 2.24) is 25.9 Å². The molecule has 0 fully saturated rings. The van der Waals surface area contributed by atoms with Crippen molar-refractivity contribution < 1.29 is 0 Å². The number of hydrazine groups is 2. The van der Waals surface area contributed by atoms with Crippen molar-refractivity contribution >= 4 is 17.4 Å². The number of benzene rings is 1. The number of hydrogen-bond donors (Lipinski definition) is 2. The molecule has 0 spiro atoms. The van der Waals surface area contributed by atoms with Gasteiger partial charge in [-0.3, -0.25) is 5.01 Å². The van der Waals surface area contributed by atoms with Gasteiger partial charge in [0.1, 0.15) is 0 Å². The maximum Gasteiger partial charge on any atom is 0.175 e. The van der Waals surface area contributed by atoms with E-state index >= 15 is 0 Å². The Morgan fingerprint density at radius 1 is 1.22 bits per heavy atom. The molecule has 0 saturated carbocycles. The van der Waals surface area contributed by atoms with Gasteiger partial charge in [-0.05, 0) is 24.3 Å². The molecule has 0 saturated heterocycles. The minimum atomic E-state index is 0.708. The van der Waals surface area contributed by atoms with Crippen LogP contribution in [0.2, 0.25) is 5.02 Å². The molecule has 0 atom stereocenters. The summed E-state index contributed by atoms with van der Waals surface area (Å²) in [5, 5.41) is 10.9. The maximum absolute atomic E-state index is 5.86. The van der Waals surface area contributed by atoms with E-state index in [4.69, 9.17) is 11.6 Å². The number of hydrazone groups is 1. The zero-order valence-corrected chi connectivity index (χ0v) is 10.4. The lowest BCUT2D eigenvalue weighted by atomic mass is 10.3. The molecule has 0 amide bonds. The number of hydrogen-bond acceptors (Lipinski definition) is 5. The van der Waals surface area contributed by atoms with Crippen LogP contribution in [0.1, 0.15) is 5.56 Å². The van der Waals surface area contributed by atoms with Gasteiger partial charge in [0.15, 0.2) is 5.84 Å². The highest BCUT2D eigenvalue weighted by Crippen LogP contribution is 2.14. The van der Waals surface area contributed by atoms with E-state index in [1.165, 1.54) is 0 Å². The first kappa shape index (κ1) is 11.1. The molecule has 1 aliphatic heterocycles. The van der Waals surface area contributed by atoms with Crippen molar-refractivity contribution in [2.45, 2.75) is 0 Å². The quantitative estimate of drug-likeness (QED) is 0.852. The predicted octanol–water partition coefficient (Wildman–Crippen LogP) is 1.14. The van der Waals surface area contributed by atoms with Gasteiger partial charge in [0, 0.05) is 18.3 Å². The Bertz CT molecular complexity index is 588. The first-order valence-corrected chi connectivity index (χ1v) is 5.75. The highest BCUT2D eigenvalue weighted by atomic mass is 35.5. The van der Waals surface area contributed by atoms with E-state index in [1.54, 1.807) is 15.9 Å². The third-order valence-corrected chi connectivity index (χ3v) is 2.88. The van der Waals surface area contributed by atoms with Crippen LogP contribution in [0.4, 0.5) is 0 Å². The van der Waals surface area contributed by atoms with E-state index < -0.39 is 0 Å². The summed E-state index contributed by atoms with van der Waals surface area (Å²) in [6.07, 6.45) is 3.67. The van der Waals surface area contributed by atoms with Gasteiger partial charge in [-0.2, -0.15) is 5.10 Å². The van der Waals surface area contributed by atoms with Gasteiger partial charge < -0.3 is 0 Å². The van der Waals surface area contributed by atoms with Gasteiger partial charge >= 0.3 is 0 Å². The summed E-state index contributed by atoms with van der Waals surface area (Å²) in [5.74, 6) is 0.787. The van der Waals surface area contributed by atoms with E-state index in [-0.39, 0.29) is 0 Å². The lowest BCUT2D eigenvalue weighted by molar-refractivity contribution is 0.349. The smallest absolute Gasteiger partial charge is 0.175 e. The van der Waals surface area contributed by atoms with Crippen molar-refractivity contribution in [3.05, 3.63) is 47.2 Å². The molecule has 0 aliphatic carbocycles. The zero-order chi connectivity index (χ0) is 12.5. The van der Waals surface area contributed by atoms with Crippen molar-refractivity contribution in [3.63, 3.8) is 0 Å². The van der Waals surface area contributed by atoms with Crippen LogP contribution in [0.5, 0.6) is 0 Å². The van der Waals surface area contributed by atoms with Crippen LogP contribution >= 0.6 is 11.6 Å². The summed E-state index contributed by atoms with van der Waals surface area (Å²) >= 11 is 5.86. The third-order valence-electron chi connectivity index (χ3n) is 2.63. The average molecular weight is 263 g/mol. The zero-order valence-electron chi connectivity index (χ0n) is 9.63. The molecule has 2 aromatic rings. The summed E-state index contributed by atoms with van der Waals surface area (Å²) in [6.45, 7) is 0. The van der Waals surface area contributed by atoms with Crippen molar-refractivity contribution in [3.8, 4) is 5.69 Å². The first-order chi connectivity index (χ1) is 8.74. The van der Waals surface area contributed by atoms with Gasteiger partial charge in [0.2, 0.25) is 0 Å². The Morgan fingerprint density at radius 2 is 2.00 bits per heavy atom. The van der Waals surface area contributed by atoms with E-state index in [0.29, 0.717) is 5.02 Å². The Balaban J connectivity index is 1.92. The molecular weight excluding hydrogens is 252 g/mol. The summed E-state index contributed by atoms with van der Waals surface area (Å²) in [4.78, 5) is 0. The minimum Gasteiger partial charge on any atom is -0.274 e. The molecule has 2 N–H and O–H groups in total. The van der Waals surface area contributed by atoms with E-state index in [0.717, 1.165) is 17.1 Å². The molecule has 3 rings (SSSR count). The SMILES string of the molecule is CN1NNN=C1c1cnn(-c2ccc(Cl)cc2)c1. The Hall–Kier alpha value is -2.05. The van der Waals surface area contributed by atoms with Crippen LogP contribution in [0.15, 0.2) is 41.8 Å². The second-order valence-corrected chi connectivity index (χ2v) is 4.30. The number of amidine groups is 1. The normalized spacial score (nSPS) is 14.6. The topological polar surface area (TPSA) is 57.5 Å². The molecule has 92 valence electrons. The lowest BCUT2D eigenvalue weighted by Crippen LogP contribution is -2.37. The molecule has 2 heterocycles. The van der Waals surface area contributed by atoms with E-state index in [1.807, 2.05) is 37.5 Å². The van der Waals surface area contributed by atoms with Gasteiger partial charge in [-0.15, -0.1) is 10.6 Å². The maximum atomic E-state index is 5.86. The van der Waals surface area contributed by atoms with Crippen molar-refractivity contribution in [1.29, 1.82) is 0 Å². The molecule has 1 aliphatic rings. The second-order valence-electron chi connectivity index (χ2n) is 3.87. The molecule has 18 heavy (non-hydrogen) atoms. The minimum absolute atomic E-state index is 0.708. The van der Waals surface area contributed by atoms with Crippen molar-refractivity contribution in [2.75, 3.05) is 7.05 Å². The number of halogens is 1. The molecular formula is C11H11ClN6. The van der Waals surface area contributed by atoms with Crippen molar-refractivity contribution in [2.24, 2.45) is 5.10 Å². The molecule has 1 aromatic carbocycles. The molecule has 0 bridgehead atoms. The fourth-order valence-corrected chi connectivity index (χ4v) is 1.84. The molecule has 0 radical (unpaired) electrons. The van der Waals surface area contributed by atoms with Gasteiger partial charge in [-0.1, -0.05) is 11.6 Å². The number of aromatic nitrogens is 2. The van der Waals surface area contributed by atoms with E-state index in [2.05, 4.69) is 21.3 Å². The lowest BCUT2D eigenvalue weighted by Gasteiger charge is -2.09. The fourth-order valence-electron chi connectivity index (χ4n) is 1.71. The summed E-state index contributed by atoms with van der Waals surface area (Å²) in [7, 11) is 1.87. The van der Waals surface area contributed by atoms with Crippen LogP contribution < -0.4 is 11.1 Å². The van der Waals surface area contributed by atoms with Gasteiger partial charge in [0.05, 0.1) is 17.4 Å². The van der Waals surface area contributed by atoms with Crippen LogP contribution in [0.25, 0.3) is 5.69 Å². The van der Waals surface area contributed by atoms with Gasteiger partial charge in [0.25, 0.3) is 0 Å². The Kier molecular flexibility index (Phi) is 2.66. The molecule has 6 nitrogen and oxygen atoms in total. The highest BCUT2D eigenvalue weighted by molar-refractivity contribution is 6.30. The fraction of sp³-hybridized carbons (Fsp3) is 0.0909. The first-order valence-electron chi connectivity index (χ1n) is 5.37. The standard InChI is InChI=1S/C11H11ClN6/c1-17-11(14-15-16-17)8-6-13-18(7-8)10-4-2-9(12)3-5-10/h2-7,15-16H,1H3. The number of rotatable bonds is 2. The molecule has 7 heteroatoms. The monoisotopic (exact) mass is 262 g/mol. The average Bonchev–Trinajstić information content (AvgIpc) is 2.98. The van der Waals surface area contributed by atoms with Crippen LogP contribution in [-0.2, 0) is 0 Å². The molecule has 1 aromatic heterocycles. The highest BCUT2D eigenvalue weighted by Gasteiger charge is 2.16. The Morgan fingerprint density at radius 3 is 2.67 bits per heavy atom. The summed E-state index contributed by atoms with van der Waals surface area (Å²) < 4.78 is 1.78. The Labute approximate surface area is 109 Å². The summed E-state index contributed by atoms with van der Waals surface area (Å²) in [5.41, 5.74) is 7.41. The number of nitrogens with one attached hydrogen (secondary N) is 2. The van der Waals surface area contributed by atoms with Crippen LogP contribution in [-0.4, -0.2) is 27.7 Å². The van der Waals surface area contributed by atoms with Gasteiger partial charge in [-0.25, -0.2) is 10.2 Å². The molecule has 0 unspecified atom stereocenters. The van der Waals surface area contributed by atoms with Crippen LogP contribution in [0, 0.1) is 0 Å². The van der Waals surface area contributed by atoms with Crippen LogP contribution in [0.3, 0.4) is 0 Å². The predicted molar refractivity (Wildman–Crippen MR) is 69.1 cm³/mol. The largest absolute Gasteiger partial charge is 0.274 e. The van der Waals surface area contributed by atoms with E-state index in [9.17, 15) is 0 Å². The third kappa shape index (κ3) is 1.92.